The largest absolute Gasteiger partial charge is 0.468 e. The van der Waals surface area contributed by atoms with Gasteiger partial charge < -0.3 is 10.1 Å². The van der Waals surface area contributed by atoms with Gasteiger partial charge >= 0.3 is 5.97 Å². The molecule has 0 amide bonds. The molecule has 3 fully saturated rings. The fraction of sp³-hybridized carbons (Fsp3) is 0.857. The van der Waals surface area contributed by atoms with Crippen molar-refractivity contribution in [3.05, 3.63) is 0 Å². The quantitative estimate of drug-likeness (QED) is 0.587. The molecule has 3 rings (SSSR count). The van der Waals surface area contributed by atoms with Crippen molar-refractivity contribution in [3.63, 3.8) is 0 Å². The molecule has 0 aromatic rings. The smallest absolute Gasteiger partial charge is 0.326 e. The maximum atomic E-state index is 11.1. The van der Waals surface area contributed by atoms with Crippen LogP contribution < -0.4 is 5.32 Å². The van der Waals surface area contributed by atoms with Gasteiger partial charge in [-0.15, -0.1) is 12.4 Å². The van der Waals surface area contributed by atoms with Crippen molar-refractivity contribution in [1.29, 1.82) is 0 Å². The Labute approximate surface area is 71.9 Å². The molecule has 0 aromatic carbocycles. The molecule has 2 bridgehead atoms. The summed E-state index contributed by atoms with van der Waals surface area (Å²) in [6, 6.07) is 0. The number of hydrogen-bond donors (Lipinski definition) is 1. The van der Waals surface area contributed by atoms with Crippen LogP contribution in [-0.2, 0) is 9.53 Å². The molecule has 2 aliphatic heterocycles. The van der Waals surface area contributed by atoms with Crippen molar-refractivity contribution < 1.29 is 9.53 Å². The second kappa shape index (κ2) is 2.64. The van der Waals surface area contributed by atoms with Gasteiger partial charge in [-0.25, -0.2) is 0 Å². The van der Waals surface area contributed by atoms with Crippen LogP contribution >= 0.6 is 12.4 Å². The molecule has 0 aromatic heterocycles. The summed E-state index contributed by atoms with van der Waals surface area (Å²) in [4.78, 5) is 11.1. The van der Waals surface area contributed by atoms with Crippen LogP contribution in [0.15, 0.2) is 0 Å². The Kier molecular flexibility index (Phi) is 2.12. The standard InChI is InChI=1S/C7H11NO2.ClH/c1-10-6(9)7-2-5(3-7)4-8-7;/h5,8H,2-4H2,1H3;1H. The lowest BCUT2D eigenvalue weighted by atomic mass is 9.74. The van der Waals surface area contributed by atoms with E-state index in [1.54, 1.807) is 0 Å². The molecule has 2 saturated heterocycles. The highest BCUT2D eigenvalue weighted by Crippen LogP contribution is 2.44. The predicted molar refractivity (Wildman–Crippen MR) is 42.7 cm³/mol. The molecular weight excluding hydrogens is 166 g/mol. The van der Waals surface area contributed by atoms with E-state index in [4.69, 9.17) is 0 Å². The number of nitrogens with one attached hydrogen (secondary N) is 1. The van der Waals surface area contributed by atoms with Gasteiger partial charge in [-0.2, -0.15) is 0 Å². The van der Waals surface area contributed by atoms with Crippen LogP contribution in [0.2, 0.25) is 0 Å². The molecule has 1 aliphatic carbocycles. The lowest BCUT2D eigenvalue weighted by Gasteiger charge is -2.34. The van der Waals surface area contributed by atoms with Crippen molar-refractivity contribution in [3.8, 4) is 0 Å². The highest BCUT2D eigenvalue weighted by atomic mass is 35.5. The average molecular weight is 178 g/mol. The van der Waals surface area contributed by atoms with Gasteiger partial charge in [0.1, 0.15) is 5.54 Å². The van der Waals surface area contributed by atoms with Crippen LogP contribution in [0.4, 0.5) is 0 Å². The minimum atomic E-state index is -0.264. The Morgan fingerprint density at radius 3 is 2.64 bits per heavy atom. The van der Waals surface area contributed by atoms with E-state index in [2.05, 4.69) is 10.1 Å². The van der Waals surface area contributed by atoms with Crippen LogP contribution in [0.1, 0.15) is 12.8 Å². The summed E-state index contributed by atoms with van der Waals surface area (Å²) >= 11 is 0. The molecule has 0 radical (unpaired) electrons. The Bertz CT molecular complexity index is 172. The Morgan fingerprint density at radius 1 is 1.64 bits per heavy atom. The maximum absolute atomic E-state index is 11.1. The van der Waals surface area contributed by atoms with Crippen molar-refractivity contribution in [2.75, 3.05) is 13.7 Å². The second-order valence-corrected chi connectivity index (χ2v) is 3.23. The Hall–Kier alpha value is -0.280. The number of methoxy groups -OCH3 is 1. The van der Waals surface area contributed by atoms with E-state index in [1.807, 2.05) is 0 Å². The molecule has 4 heteroatoms. The third kappa shape index (κ3) is 1.03. The van der Waals surface area contributed by atoms with E-state index in [0.29, 0.717) is 0 Å². The summed E-state index contributed by atoms with van der Waals surface area (Å²) in [6.45, 7) is 0.995. The summed E-state index contributed by atoms with van der Waals surface area (Å²) in [5, 5.41) is 3.18. The molecule has 11 heavy (non-hydrogen) atoms. The van der Waals surface area contributed by atoms with Gasteiger partial charge in [0, 0.05) is 0 Å². The average Bonchev–Trinajstić information content (AvgIpc) is 2.41. The van der Waals surface area contributed by atoms with Crippen LogP contribution in [0.5, 0.6) is 0 Å². The number of carbonyl (C=O) groups is 1. The summed E-state index contributed by atoms with van der Waals surface area (Å²) in [7, 11) is 1.45. The lowest BCUT2D eigenvalue weighted by Crippen LogP contribution is -2.51. The molecule has 3 nitrogen and oxygen atoms in total. The zero-order valence-corrected chi connectivity index (χ0v) is 7.24. The molecule has 0 spiro atoms. The first-order chi connectivity index (χ1) is 4.77. The maximum Gasteiger partial charge on any atom is 0.326 e. The van der Waals surface area contributed by atoms with Gasteiger partial charge in [0.15, 0.2) is 0 Å². The van der Waals surface area contributed by atoms with Crippen molar-refractivity contribution in [1.82, 2.24) is 5.32 Å². The molecule has 1 saturated carbocycles. The highest BCUT2D eigenvalue weighted by molar-refractivity contribution is 5.85. The third-order valence-corrected chi connectivity index (χ3v) is 2.58. The van der Waals surface area contributed by atoms with E-state index in [1.165, 1.54) is 7.11 Å². The van der Waals surface area contributed by atoms with E-state index >= 15 is 0 Å². The minimum absolute atomic E-state index is 0. The van der Waals surface area contributed by atoms with Gasteiger partial charge in [-0.1, -0.05) is 0 Å². The zero-order valence-electron chi connectivity index (χ0n) is 6.42. The number of rotatable bonds is 1. The fourth-order valence-corrected chi connectivity index (χ4v) is 1.99. The lowest BCUT2D eigenvalue weighted by molar-refractivity contribution is -0.150. The van der Waals surface area contributed by atoms with E-state index in [9.17, 15) is 4.79 Å². The van der Waals surface area contributed by atoms with Gasteiger partial charge in [0.05, 0.1) is 7.11 Å². The van der Waals surface area contributed by atoms with E-state index < -0.39 is 0 Å². The van der Waals surface area contributed by atoms with Gasteiger partial charge in [0.25, 0.3) is 0 Å². The van der Waals surface area contributed by atoms with Gasteiger partial charge in [-0.3, -0.25) is 4.79 Å². The fourth-order valence-electron chi connectivity index (χ4n) is 1.99. The van der Waals surface area contributed by atoms with Crippen LogP contribution in [-0.4, -0.2) is 25.2 Å². The first-order valence-corrected chi connectivity index (χ1v) is 3.60. The second-order valence-electron chi connectivity index (χ2n) is 3.23. The van der Waals surface area contributed by atoms with Crippen molar-refractivity contribution in [2.24, 2.45) is 5.92 Å². The molecule has 64 valence electrons. The summed E-state index contributed by atoms with van der Waals surface area (Å²) in [5.41, 5.74) is -0.264. The van der Waals surface area contributed by atoms with Crippen LogP contribution in [0.3, 0.4) is 0 Å². The molecule has 3 aliphatic rings. The Morgan fingerprint density at radius 2 is 2.27 bits per heavy atom. The number of halogens is 1. The normalized spacial score (nSPS) is 38.8. The number of hydrogen-bond acceptors (Lipinski definition) is 3. The van der Waals surface area contributed by atoms with Gasteiger partial charge in [-0.05, 0) is 25.3 Å². The summed E-state index contributed by atoms with van der Waals surface area (Å²) < 4.78 is 4.67. The first-order valence-electron chi connectivity index (χ1n) is 3.60. The molecule has 1 N–H and O–H groups in total. The molecule has 2 heterocycles. The van der Waals surface area contributed by atoms with E-state index in [0.717, 1.165) is 25.3 Å². The topological polar surface area (TPSA) is 38.3 Å². The minimum Gasteiger partial charge on any atom is -0.468 e. The van der Waals surface area contributed by atoms with E-state index in [-0.39, 0.29) is 23.9 Å². The SMILES string of the molecule is COC(=O)C12CC(CN1)C2.Cl. The third-order valence-electron chi connectivity index (χ3n) is 2.58. The number of ether oxygens (including phenoxy) is 1. The number of carbonyl (C=O) groups excluding carboxylic acids is 1. The summed E-state index contributed by atoms with van der Waals surface area (Å²) in [6.07, 6.45) is 1.97. The Balaban J connectivity index is 0.000000605. The van der Waals surface area contributed by atoms with Crippen molar-refractivity contribution in [2.45, 2.75) is 18.4 Å². The zero-order chi connectivity index (χ0) is 7.19. The highest BCUT2D eigenvalue weighted by Gasteiger charge is 2.56. The molecule has 0 unspecified atom stereocenters. The van der Waals surface area contributed by atoms with Gasteiger partial charge in [0.2, 0.25) is 0 Å². The van der Waals surface area contributed by atoms with Crippen molar-refractivity contribution >= 4 is 18.4 Å². The number of fused-ring (bicyclic) bond motifs is 1. The predicted octanol–water partition coefficient (Wildman–Crippen LogP) is 0.333. The monoisotopic (exact) mass is 177 g/mol. The van der Waals surface area contributed by atoms with Crippen LogP contribution in [0.25, 0.3) is 0 Å². The van der Waals surface area contributed by atoms with Crippen LogP contribution in [0, 0.1) is 5.92 Å². The first kappa shape index (κ1) is 8.81. The molecular formula is C7H12ClNO2. The molecule has 0 atom stereocenters. The number of esters is 1. The summed E-state index contributed by atoms with van der Waals surface area (Å²) in [5.74, 6) is 0.653.